The first kappa shape index (κ1) is 15.4. The summed E-state index contributed by atoms with van der Waals surface area (Å²) in [5.74, 6) is 0. The Hall–Kier alpha value is 0.420. The van der Waals surface area contributed by atoms with Gasteiger partial charge >= 0.3 is 7.87 Å². The molecule has 0 fully saturated rings. The highest BCUT2D eigenvalue weighted by Crippen LogP contribution is 2.54. The fraction of sp³-hybridized carbons (Fsp3) is 1.00. The lowest BCUT2D eigenvalue weighted by Crippen LogP contribution is -2.33. The zero-order valence-corrected chi connectivity index (χ0v) is 12.1. The predicted octanol–water partition coefficient (Wildman–Crippen LogP) is -0.0734. The van der Waals surface area contributed by atoms with Crippen LogP contribution in [0.3, 0.4) is 0 Å². The van der Waals surface area contributed by atoms with Crippen LogP contribution in [0.25, 0.3) is 0 Å². The van der Waals surface area contributed by atoms with E-state index in [1.54, 1.807) is 0 Å². The van der Waals surface area contributed by atoms with Gasteiger partial charge in [-0.3, -0.25) is 15.3 Å². The Morgan fingerprint density at radius 2 is 1.07 bits per heavy atom. The van der Waals surface area contributed by atoms with Crippen molar-refractivity contribution in [1.29, 1.82) is 0 Å². The molecule has 9 heteroatoms. The van der Waals surface area contributed by atoms with Gasteiger partial charge in [0.15, 0.2) is 0 Å². The van der Waals surface area contributed by atoms with Crippen molar-refractivity contribution in [3.05, 3.63) is 0 Å². The monoisotopic (exact) mass is 256 g/mol. The molecule has 0 aliphatic heterocycles. The number of hydrogen-bond acceptors (Lipinski definition) is 4. The fourth-order valence-electron chi connectivity index (χ4n) is 1.14. The molecule has 15 heavy (non-hydrogen) atoms. The van der Waals surface area contributed by atoms with Crippen LogP contribution in [0, 0.1) is 0 Å². The van der Waals surface area contributed by atoms with Gasteiger partial charge in [-0.25, -0.2) is 0 Å². The molecule has 0 rings (SSSR count). The standard InChI is InChI=1S/C6H24N7P2/c1-7-14(8-2,9-3)13-15(10-4,11-5)12-6/h7-12H,1-6H3/q+1. The van der Waals surface area contributed by atoms with Gasteiger partial charge in [0.1, 0.15) is 0 Å². The van der Waals surface area contributed by atoms with Gasteiger partial charge in [0.25, 0.3) is 0 Å². The van der Waals surface area contributed by atoms with E-state index in [1.165, 1.54) is 0 Å². The van der Waals surface area contributed by atoms with Crippen molar-refractivity contribution in [2.45, 2.75) is 0 Å². The second kappa shape index (κ2) is 6.89. The summed E-state index contributed by atoms with van der Waals surface area (Å²) in [4.78, 5) is 0. The van der Waals surface area contributed by atoms with Crippen LogP contribution in [0.5, 0.6) is 0 Å². The SMILES string of the molecule is CNP(=N[P+](NC)(NC)NC)(NC)NC. The topological polar surface area (TPSA) is 84.5 Å². The smallest absolute Gasteiger partial charge is 0.260 e. The molecule has 0 aromatic carbocycles. The molecule has 0 aromatic heterocycles. The molecule has 0 aromatic rings. The van der Waals surface area contributed by atoms with Crippen LogP contribution in [0.4, 0.5) is 0 Å². The third kappa shape index (κ3) is 3.73. The maximum absolute atomic E-state index is 4.81. The average molecular weight is 256 g/mol. The zero-order valence-electron chi connectivity index (χ0n) is 10.3. The molecule has 0 spiro atoms. The molecule has 0 aliphatic carbocycles. The van der Waals surface area contributed by atoms with E-state index in [0.717, 1.165) is 0 Å². The van der Waals surface area contributed by atoms with Crippen LogP contribution in [0.2, 0.25) is 0 Å². The Balaban J connectivity index is 5.23. The molecule has 6 N–H and O–H groups in total. The van der Waals surface area contributed by atoms with E-state index >= 15 is 0 Å². The van der Waals surface area contributed by atoms with Crippen molar-refractivity contribution >= 4 is 15.4 Å². The first-order valence-electron chi connectivity index (χ1n) is 4.74. The molecular formula is C6H24N7P2+. The molecule has 0 aliphatic rings. The van der Waals surface area contributed by atoms with Crippen molar-refractivity contribution in [2.24, 2.45) is 4.52 Å². The maximum atomic E-state index is 4.81. The number of nitrogens with zero attached hydrogens (tertiary/aromatic N) is 1. The molecule has 92 valence electrons. The second-order valence-electron chi connectivity index (χ2n) is 2.70. The molecule has 0 saturated heterocycles. The lowest BCUT2D eigenvalue weighted by atomic mass is 11.6. The van der Waals surface area contributed by atoms with E-state index in [9.17, 15) is 0 Å². The van der Waals surface area contributed by atoms with Crippen molar-refractivity contribution < 1.29 is 0 Å². The molecule has 0 heterocycles. The summed E-state index contributed by atoms with van der Waals surface area (Å²) in [6, 6.07) is 0. The van der Waals surface area contributed by atoms with E-state index < -0.39 is 15.4 Å². The Morgan fingerprint density at radius 1 is 0.733 bits per heavy atom. The van der Waals surface area contributed by atoms with Crippen molar-refractivity contribution in [3.63, 3.8) is 0 Å². The summed E-state index contributed by atoms with van der Waals surface area (Å²) >= 11 is 0. The lowest BCUT2D eigenvalue weighted by Gasteiger charge is -2.25. The molecular weight excluding hydrogens is 232 g/mol. The summed E-state index contributed by atoms with van der Waals surface area (Å²) in [6.07, 6.45) is 0. The predicted molar refractivity (Wildman–Crippen MR) is 70.6 cm³/mol. The Kier molecular flexibility index (Phi) is 7.08. The van der Waals surface area contributed by atoms with Gasteiger partial charge in [0.05, 0.1) is 0 Å². The summed E-state index contributed by atoms with van der Waals surface area (Å²) in [6.45, 7) is 0. The summed E-state index contributed by atoms with van der Waals surface area (Å²) in [7, 11) is 7.59. The molecule has 7 nitrogen and oxygen atoms in total. The van der Waals surface area contributed by atoms with E-state index in [1.807, 2.05) is 42.3 Å². The van der Waals surface area contributed by atoms with Crippen molar-refractivity contribution in [1.82, 2.24) is 30.5 Å². The number of rotatable bonds is 7. The molecule has 0 amide bonds. The van der Waals surface area contributed by atoms with Crippen LogP contribution in [-0.4, -0.2) is 42.3 Å². The molecule has 0 radical (unpaired) electrons. The fourth-order valence-corrected chi connectivity index (χ4v) is 6.24. The second-order valence-corrected chi connectivity index (χ2v) is 8.64. The number of nitrogens with one attached hydrogen (secondary N) is 6. The molecule has 0 unspecified atom stereocenters. The Bertz CT molecular complexity index is 200. The minimum Gasteiger partial charge on any atom is -0.260 e. The van der Waals surface area contributed by atoms with Crippen molar-refractivity contribution in [2.75, 3.05) is 42.3 Å². The van der Waals surface area contributed by atoms with Gasteiger partial charge in [-0.15, -0.1) is 15.3 Å². The van der Waals surface area contributed by atoms with Crippen LogP contribution < -0.4 is 30.5 Å². The number of hydrogen-bond donors (Lipinski definition) is 6. The minimum absolute atomic E-state index is 1.87. The van der Waals surface area contributed by atoms with Gasteiger partial charge < -0.3 is 0 Å². The highest BCUT2D eigenvalue weighted by Gasteiger charge is 2.37. The quantitative estimate of drug-likeness (QED) is 0.358. The normalized spacial score (nSPS) is 12.9. The third-order valence-corrected chi connectivity index (χ3v) is 8.24. The van der Waals surface area contributed by atoms with E-state index in [4.69, 9.17) is 4.52 Å². The van der Waals surface area contributed by atoms with E-state index in [-0.39, 0.29) is 0 Å². The van der Waals surface area contributed by atoms with Gasteiger partial charge in [0.2, 0.25) is 7.51 Å². The molecule has 0 atom stereocenters. The maximum Gasteiger partial charge on any atom is 0.348 e. The van der Waals surface area contributed by atoms with Gasteiger partial charge in [-0.2, -0.15) is 0 Å². The highest BCUT2D eigenvalue weighted by molar-refractivity contribution is 7.76. The van der Waals surface area contributed by atoms with Gasteiger partial charge in [0, 0.05) is 21.1 Å². The van der Waals surface area contributed by atoms with Gasteiger partial charge in [-0.1, -0.05) is 0 Å². The summed E-state index contributed by atoms with van der Waals surface area (Å²) in [5, 5.41) is 19.2. The van der Waals surface area contributed by atoms with E-state index in [2.05, 4.69) is 30.5 Å². The average Bonchev–Trinajstić information content (AvgIpc) is 2.33. The Morgan fingerprint density at radius 3 is 1.27 bits per heavy atom. The van der Waals surface area contributed by atoms with Crippen LogP contribution in [0.1, 0.15) is 0 Å². The summed E-state index contributed by atoms with van der Waals surface area (Å²) < 4.78 is 4.81. The van der Waals surface area contributed by atoms with Crippen LogP contribution in [-0.2, 0) is 0 Å². The molecule has 0 saturated carbocycles. The van der Waals surface area contributed by atoms with Crippen LogP contribution in [0.15, 0.2) is 4.52 Å². The minimum atomic E-state index is -1.87. The van der Waals surface area contributed by atoms with Gasteiger partial charge in [-0.05, 0) is 25.7 Å². The Labute approximate surface area is 93.3 Å². The first-order valence-corrected chi connectivity index (χ1v) is 8.22. The zero-order chi connectivity index (χ0) is 11.9. The lowest BCUT2D eigenvalue weighted by molar-refractivity contribution is 0.992. The largest absolute Gasteiger partial charge is 0.348 e. The first-order chi connectivity index (χ1) is 7.07. The third-order valence-electron chi connectivity index (χ3n) is 2.21. The molecule has 0 bridgehead atoms. The van der Waals surface area contributed by atoms with E-state index in [0.29, 0.717) is 0 Å². The van der Waals surface area contributed by atoms with Crippen LogP contribution >= 0.6 is 15.4 Å². The highest BCUT2D eigenvalue weighted by atomic mass is 31.2. The van der Waals surface area contributed by atoms with Crippen molar-refractivity contribution in [3.8, 4) is 0 Å². The summed E-state index contributed by atoms with van der Waals surface area (Å²) in [5.41, 5.74) is 0.